The Hall–Kier alpha value is -2.44. The van der Waals surface area contributed by atoms with Gasteiger partial charge in [0.25, 0.3) is 0 Å². The van der Waals surface area contributed by atoms with Gasteiger partial charge in [-0.25, -0.2) is 0 Å². The number of aromatic nitrogens is 1. The van der Waals surface area contributed by atoms with E-state index in [1.54, 1.807) is 30.0 Å². The first kappa shape index (κ1) is 19.3. The summed E-state index contributed by atoms with van der Waals surface area (Å²) < 4.78 is 13.0. The highest BCUT2D eigenvalue weighted by atomic mass is 16.5. The number of pyridine rings is 1. The topological polar surface area (TPSA) is 97.1 Å². The summed E-state index contributed by atoms with van der Waals surface area (Å²) >= 11 is 0. The third-order valence-electron chi connectivity index (χ3n) is 5.07. The fourth-order valence-corrected chi connectivity index (χ4v) is 3.56. The van der Waals surface area contributed by atoms with Crippen molar-refractivity contribution in [3.05, 3.63) is 59.2 Å². The SMILES string of the molecule is COCC(C)(C)C(=N)n1cc(OC2CCC(N)c3ccccc32)ccc1=N. The normalized spacial score (nSPS) is 19.4. The molecular formula is C21H28N4O2. The predicted octanol–water partition coefficient (Wildman–Crippen LogP) is 3.38. The maximum atomic E-state index is 8.53. The Morgan fingerprint density at radius 1 is 1.19 bits per heavy atom. The Morgan fingerprint density at radius 2 is 1.89 bits per heavy atom. The minimum absolute atomic E-state index is 0.0459. The first-order valence-corrected chi connectivity index (χ1v) is 9.20. The highest BCUT2D eigenvalue weighted by Gasteiger charge is 2.28. The molecule has 2 atom stereocenters. The molecule has 1 aromatic heterocycles. The summed E-state index contributed by atoms with van der Waals surface area (Å²) in [6.45, 7) is 4.26. The molecule has 6 heteroatoms. The van der Waals surface area contributed by atoms with Gasteiger partial charge in [-0.15, -0.1) is 0 Å². The largest absolute Gasteiger partial charge is 0.484 e. The highest BCUT2D eigenvalue weighted by molar-refractivity contribution is 5.86. The zero-order chi connectivity index (χ0) is 19.6. The summed E-state index contributed by atoms with van der Waals surface area (Å²) in [5.41, 5.74) is 8.21. The minimum Gasteiger partial charge on any atom is -0.484 e. The van der Waals surface area contributed by atoms with Gasteiger partial charge in [-0.05, 0) is 36.1 Å². The van der Waals surface area contributed by atoms with Gasteiger partial charge >= 0.3 is 0 Å². The van der Waals surface area contributed by atoms with Gasteiger partial charge < -0.3 is 15.2 Å². The molecule has 2 unspecified atom stereocenters. The summed E-state index contributed by atoms with van der Waals surface area (Å²) in [6.07, 6.45) is 3.36. The van der Waals surface area contributed by atoms with Gasteiger partial charge in [0.05, 0.1) is 12.8 Å². The Labute approximate surface area is 159 Å². The molecular weight excluding hydrogens is 340 g/mol. The quantitative estimate of drug-likeness (QED) is 0.557. The highest BCUT2D eigenvalue weighted by Crippen LogP contribution is 2.37. The summed E-state index contributed by atoms with van der Waals surface area (Å²) in [6, 6.07) is 11.6. The number of nitrogens with zero attached hydrogens (tertiary/aromatic N) is 1. The fraction of sp³-hybridized carbons (Fsp3) is 0.429. The van der Waals surface area contributed by atoms with Gasteiger partial charge in [-0.3, -0.25) is 15.4 Å². The van der Waals surface area contributed by atoms with Crippen LogP contribution >= 0.6 is 0 Å². The number of hydrogen-bond acceptors (Lipinski definition) is 5. The molecule has 1 aromatic carbocycles. The molecule has 2 aromatic rings. The maximum absolute atomic E-state index is 8.53. The number of nitrogens with one attached hydrogen (secondary N) is 2. The van der Waals surface area contributed by atoms with Gasteiger partial charge in [0, 0.05) is 18.6 Å². The van der Waals surface area contributed by atoms with Crippen LogP contribution in [0.4, 0.5) is 0 Å². The van der Waals surface area contributed by atoms with Crippen molar-refractivity contribution in [3.8, 4) is 5.75 Å². The fourth-order valence-electron chi connectivity index (χ4n) is 3.56. The molecule has 4 N–H and O–H groups in total. The monoisotopic (exact) mass is 368 g/mol. The van der Waals surface area contributed by atoms with Crippen LogP contribution in [0, 0.1) is 16.2 Å². The van der Waals surface area contributed by atoms with E-state index in [0.29, 0.717) is 18.2 Å². The molecule has 1 aliphatic rings. The van der Waals surface area contributed by atoms with Crippen molar-refractivity contribution in [2.45, 2.75) is 38.8 Å². The lowest BCUT2D eigenvalue weighted by Crippen LogP contribution is -2.39. The maximum Gasteiger partial charge on any atom is 0.137 e. The van der Waals surface area contributed by atoms with Crippen molar-refractivity contribution in [3.63, 3.8) is 0 Å². The number of nitrogens with two attached hydrogens (primary N) is 1. The van der Waals surface area contributed by atoms with E-state index < -0.39 is 5.41 Å². The standard InChI is InChI=1S/C21H28N4O2/c1-21(2,13-26-3)20(24)25-12-14(8-11-19(25)23)27-18-10-9-17(22)15-6-4-5-7-16(15)18/h4-8,11-12,17-18,23-24H,9-10,13,22H2,1-3H3. The Morgan fingerprint density at radius 3 is 2.59 bits per heavy atom. The number of fused-ring (bicyclic) bond motifs is 1. The Bertz CT molecular complexity index is 888. The summed E-state index contributed by atoms with van der Waals surface area (Å²) in [4.78, 5) is 0. The van der Waals surface area contributed by atoms with Crippen molar-refractivity contribution in [1.82, 2.24) is 4.57 Å². The third-order valence-corrected chi connectivity index (χ3v) is 5.07. The zero-order valence-corrected chi connectivity index (χ0v) is 16.2. The second-order valence-corrected chi connectivity index (χ2v) is 7.70. The smallest absolute Gasteiger partial charge is 0.137 e. The molecule has 6 nitrogen and oxygen atoms in total. The molecule has 0 fully saturated rings. The number of hydrogen-bond donors (Lipinski definition) is 3. The predicted molar refractivity (Wildman–Crippen MR) is 105 cm³/mol. The average molecular weight is 368 g/mol. The van der Waals surface area contributed by atoms with Crippen molar-refractivity contribution in [2.75, 3.05) is 13.7 Å². The molecule has 0 radical (unpaired) electrons. The Kier molecular flexibility index (Phi) is 5.48. The van der Waals surface area contributed by atoms with Crippen LogP contribution in [0.3, 0.4) is 0 Å². The molecule has 1 aliphatic carbocycles. The van der Waals surface area contributed by atoms with Gasteiger partial charge in [0.2, 0.25) is 0 Å². The van der Waals surface area contributed by atoms with Gasteiger partial charge in [0.1, 0.15) is 23.2 Å². The Balaban J connectivity index is 1.89. The molecule has 0 saturated heterocycles. The molecule has 0 bridgehead atoms. The molecule has 144 valence electrons. The van der Waals surface area contributed by atoms with Crippen LogP contribution < -0.4 is 16.0 Å². The minimum atomic E-state index is -0.516. The molecule has 3 rings (SSSR count). The van der Waals surface area contributed by atoms with E-state index in [2.05, 4.69) is 12.1 Å². The number of rotatable bonds is 5. The van der Waals surface area contributed by atoms with E-state index in [0.717, 1.165) is 24.0 Å². The van der Waals surface area contributed by atoms with Gasteiger partial charge in [-0.2, -0.15) is 0 Å². The molecule has 27 heavy (non-hydrogen) atoms. The van der Waals surface area contributed by atoms with E-state index in [9.17, 15) is 0 Å². The lowest BCUT2D eigenvalue weighted by Gasteiger charge is -2.30. The van der Waals surface area contributed by atoms with Crippen LogP contribution in [-0.2, 0) is 4.74 Å². The van der Waals surface area contributed by atoms with Crippen LogP contribution in [0.1, 0.15) is 50.0 Å². The first-order valence-electron chi connectivity index (χ1n) is 9.20. The second-order valence-electron chi connectivity index (χ2n) is 7.70. The summed E-state index contributed by atoms with van der Waals surface area (Å²) in [7, 11) is 1.62. The van der Waals surface area contributed by atoms with E-state index in [-0.39, 0.29) is 17.6 Å². The number of methoxy groups -OCH3 is 1. The molecule has 0 amide bonds. The molecule has 0 aliphatic heterocycles. The van der Waals surface area contributed by atoms with E-state index in [4.69, 9.17) is 26.0 Å². The molecule has 0 saturated carbocycles. The zero-order valence-electron chi connectivity index (χ0n) is 16.2. The third kappa shape index (κ3) is 3.96. The summed E-state index contributed by atoms with van der Waals surface area (Å²) in [5, 5.41) is 16.7. The van der Waals surface area contributed by atoms with Gasteiger partial charge in [0.15, 0.2) is 0 Å². The van der Waals surface area contributed by atoms with Crippen LogP contribution in [0.25, 0.3) is 0 Å². The van der Waals surface area contributed by atoms with Crippen LogP contribution in [-0.4, -0.2) is 24.1 Å². The summed E-state index contributed by atoms with van der Waals surface area (Å²) in [5.74, 6) is 0.935. The molecule has 0 spiro atoms. The van der Waals surface area contributed by atoms with Crippen LogP contribution in [0.5, 0.6) is 5.75 Å². The van der Waals surface area contributed by atoms with Crippen molar-refractivity contribution >= 4 is 5.84 Å². The van der Waals surface area contributed by atoms with Crippen molar-refractivity contribution in [2.24, 2.45) is 11.1 Å². The van der Waals surface area contributed by atoms with Crippen LogP contribution in [0.15, 0.2) is 42.6 Å². The van der Waals surface area contributed by atoms with Crippen LogP contribution in [0.2, 0.25) is 0 Å². The lowest BCUT2D eigenvalue weighted by molar-refractivity contribution is 0.140. The average Bonchev–Trinajstić information content (AvgIpc) is 2.65. The molecule has 1 heterocycles. The van der Waals surface area contributed by atoms with E-state index >= 15 is 0 Å². The number of ether oxygens (including phenoxy) is 2. The van der Waals surface area contributed by atoms with E-state index in [1.165, 1.54) is 0 Å². The first-order chi connectivity index (χ1) is 12.8. The lowest BCUT2D eigenvalue weighted by atomic mass is 9.86. The van der Waals surface area contributed by atoms with E-state index in [1.807, 2.05) is 26.0 Å². The van der Waals surface area contributed by atoms with Crippen molar-refractivity contribution < 1.29 is 9.47 Å². The second kappa shape index (κ2) is 7.66. The van der Waals surface area contributed by atoms with Crippen molar-refractivity contribution in [1.29, 1.82) is 10.8 Å². The van der Waals surface area contributed by atoms with Gasteiger partial charge in [-0.1, -0.05) is 38.1 Å². The number of benzene rings is 1.